The van der Waals surface area contributed by atoms with Crippen LogP contribution in [0.15, 0.2) is 24.4 Å². The monoisotopic (exact) mass is 279 g/mol. The molecule has 0 N–H and O–H groups in total. The first kappa shape index (κ1) is 14.1. The standard InChI is InChI=1S/C14H12F3N3/c1-9-3-4-12(7-10(9)2)20-13(14(15,16)17)11(5-6-18)8-19-20/h3-4,7-8H,5H2,1-2H3. The Bertz CT molecular complexity index is 678. The molecule has 2 rings (SSSR count). The van der Waals surface area contributed by atoms with Gasteiger partial charge in [-0.05, 0) is 37.1 Å². The third kappa shape index (κ3) is 2.52. The van der Waals surface area contributed by atoms with Crippen LogP contribution in [0.2, 0.25) is 0 Å². The highest BCUT2D eigenvalue weighted by atomic mass is 19.4. The third-order valence-corrected chi connectivity index (χ3v) is 3.12. The highest BCUT2D eigenvalue weighted by molar-refractivity contribution is 5.42. The van der Waals surface area contributed by atoms with Crippen LogP contribution in [0.3, 0.4) is 0 Å². The summed E-state index contributed by atoms with van der Waals surface area (Å²) in [6, 6.07) is 6.71. The highest BCUT2D eigenvalue weighted by Crippen LogP contribution is 2.34. The molecule has 1 aromatic heterocycles. The molecule has 0 saturated carbocycles. The molecule has 0 bridgehead atoms. The molecule has 20 heavy (non-hydrogen) atoms. The van der Waals surface area contributed by atoms with E-state index in [0.29, 0.717) is 5.69 Å². The van der Waals surface area contributed by atoms with Crippen LogP contribution in [0, 0.1) is 25.2 Å². The lowest BCUT2D eigenvalue weighted by atomic mass is 10.1. The van der Waals surface area contributed by atoms with E-state index in [-0.39, 0.29) is 12.0 Å². The molecule has 0 aliphatic carbocycles. The minimum atomic E-state index is -4.55. The molecule has 104 valence electrons. The van der Waals surface area contributed by atoms with E-state index in [1.54, 1.807) is 24.3 Å². The largest absolute Gasteiger partial charge is 0.433 e. The number of alkyl halides is 3. The van der Waals surface area contributed by atoms with Crippen molar-refractivity contribution in [3.8, 4) is 11.8 Å². The Morgan fingerprint density at radius 1 is 1.25 bits per heavy atom. The summed E-state index contributed by atoms with van der Waals surface area (Å²) in [5.41, 5.74) is 1.21. The van der Waals surface area contributed by atoms with Crippen LogP contribution in [0.4, 0.5) is 13.2 Å². The van der Waals surface area contributed by atoms with Crippen molar-refractivity contribution in [1.29, 1.82) is 5.26 Å². The highest BCUT2D eigenvalue weighted by Gasteiger charge is 2.38. The van der Waals surface area contributed by atoms with Crippen LogP contribution < -0.4 is 0 Å². The van der Waals surface area contributed by atoms with Crippen LogP contribution in [-0.4, -0.2) is 9.78 Å². The van der Waals surface area contributed by atoms with Gasteiger partial charge >= 0.3 is 6.18 Å². The zero-order chi connectivity index (χ0) is 14.9. The maximum atomic E-state index is 13.2. The van der Waals surface area contributed by atoms with Gasteiger partial charge < -0.3 is 0 Å². The van der Waals surface area contributed by atoms with Crippen molar-refractivity contribution in [3.05, 3.63) is 46.8 Å². The van der Waals surface area contributed by atoms with Crippen molar-refractivity contribution in [2.45, 2.75) is 26.4 Å². The summed E-state index contributed by atoms with van der Waals surface area (Å²) >= 11 is 0. The first-order valence-electron chi connectivity index (χ1n) is 5.93. The molecule has 0 atom stereocenters. The smallest absolute Gasteiger partial charge is 0.228 e. The van der Waals surface area contributed by atoms with Gasteiger partial charge in [0.1, 0.15) is 0 Å². The lowest BCUT2D eigenvalue weighted by Gasteiger charge is -2.13. The Morgan fingerprint density at radius 2 is 1.95 bits per heavy atom. The van der Waals surface area contributed by atoms with E-state index in [4.69, 9.17) is 5.26 Å². The topological polar surface area (TPSA) is 41.6 Å². The number of hydrogen-bond donors (Lipinski definition) is 0. The van der Waals surface area contributed by atoms with Crippen molar-refractivity contribution in [3.63, 3.8) is 0 Å². The summed E-state index contributed by atoms with van der Waals surface area (Å²) < 4.78 is 40.3. The fourth-order valence-corrected chi connectivity index (χ4v) is 1.95. The van der Waals surface area contributed by atoms with Crippen molar-refractivity contribution < 1.29 is 13.2 Å². The van der Waals surface area contributed by atoms with Crippen LogP contribution in [0.1, 0.15) is 22.4 Å². The van der Waals surface area contributed by atoms with E-state index in [2.05, 4.69) is 5.10 Å². The van der Waals surface area contributed by atoms with E-state index in [1.807, 2.05) is 13.8 Å². The molecule has 0 aliphatic rings. The molecular formula is C14H12F3N3. The van der Waals surface area contributed by atoms with Crippen molar-refractivity contribution >= 4 is 0 Å². The number of hydrogen-bond acceptors (Lipinski definition) is 2. The Hall–Kier alpha value is -2.29. The molecule has 1 heterocycles. The van der Waals surface area contributed by atoms with Gasteiger partial charge in [0.25, 0.3) is 0 Å². The quantitative estimate of drug-likeness (QED) is 0.843. The predicted octanol–water partition coefficient (Wildman–Crippen LogP) is 3.57. The molecule has 6 heteroatoms. The summed E-state index contributed by atoms with van der Waals surface area (Å²) in [5, 5.41) is 12.4. The predicted molar refractivity (Wildman–Crippen MR) is 67.4 cm³/mol. The first-order valence-corrected chi connectivity index (χ1v) is 5.93. The van der Waals surface area contributed by atoms with E-state index < -0.39 is 11.9 Å². The lowest BCUT2D eigenvalue weighted by molar-refractivity contribution is -0.143. The van der Waals surface area contributed by atoms with Gasteiger partial charge in [0.2, 0.25) is 0 Å². The van der Waals surface area contributed by atoms with Crippen LogP contribution >= 0.6 is 0 Å². The number of nitrogens with zero attached hydrogens (tertiary/aromatic N) is 3. The number of rotatable bonds is 2. The van der Waals surface area contributed by atoms with Gasteiger partial charge in [-0.2, -0.15) is 23.5 Å². The second-order valence-corrected chi connectivity index (χ2v) is 4.53. The van der Waals surface area contributed by atoms with Gasteiger partial charge in [-0.25, -0.2) is 4.68 Å². The van der Waals surface area contributed by atoms with E-state index in [1.165, 1.54) is 0 Å². The molecule has 0 unspecified atom stereocenters. The Morgan fingerprint density at radius 3 is 2.50 bits per heavy atom. The first-order chi connectivity index (χ1) is 9.34. The average molecular weight is 279 g/mol. The summed E-state index contributed by atoms with van der Waals surface area (Å²) in [5.74, 6) is 0. The van der Waals surface area contributed by atoms with Crippen LogP contribution in [-0.2, 0) is 12.6 Å². The Labute approximate surface area is 114 Å². The number of nitriles is 1. The van der Waals surface area contributed by atoms with Gasteiger partial charge in [-0.1, -0.05) is 6.07 Å². The summed E-state index contributed by atoms with van der Waals surface area (Å²) in [6.07, 6.45) is -3.78. The fraction of sp³-hybridized carbons (Fsp3) is 0.286. The van der Waals surface area contributed by atoms with Crippen molar-refractivity contribution in [1.82, 2.24) is 9.78 Å². The lowest BCUT2D eigenvalue weighted by Crippen LogP contribution is -2.15. The molecule has 0 amide bonds. The number of aromatic nitrogens is 2. The van der Waals surface area contributed by atoms with E-state index >= 15 is 0 Å². The molecule has 0 radical (unpaired) electrons. The SMILES string of the molecule is Cc1ccc(-n2ncc(CC#N)c2C(F)(F)F)cc1C. The number of halogens is 3. The van der Waals surface area contributed by atoms with Crippen LogP contribution in [0.25, 0.3) is 5.69 Å². The summed E-state index contributed by atoms with van der Waals surface area (Å²) in [7, 11) is 0. The average Bonchev–Trinajstić information content (AvgIpc) is 2.77. The van der Waals surface area contributed by atoms with Crippen LogP contribution in [0.5, 0.6) is 0 Å². The molecule has 0 fully saturated rings. The van der Waals surface area contributed by atoms with E-state index in [0.717, 1.165) is 22.0 Å². The minimum Gasteiger partial charge on any atom is -0.228 e. The van der Waals surface area contributed by atoms with Gasteiger partial charge in [-0.15, -0.1) is 0 Å². The summed E-state index contributed by atoms with van der Waals surface area (Å²) in [4.78, 5) is 0. The second-order valence-electron chi connectivity index (χ2n) is 4.53. The molecule has 2 aromatic rings. The normalized spacial score (nSPS) is 11.4. The molecule has 0 spiro atoms. The number of benzene rings is 1. The fourth-order valence-electron chi connectivity index (χ4n) is 1.95. The number of aryl methyl sites for hydroxylation is 2. The Kier molecular flexibility index (Phi) is 3.53. The minimum absolute atomic E-state index is 0.113. The van der Waals surface area contributed by atoms with E-state index in [9.17, 15) is 13.2 Å². The molecule has 0 saturated heterocycles. The molecule has 0 aliphatic heterocycles. The van der Waals surface area contributed by atoms with Gasteiger partial charge in [0.05, 0.1) is 24.4 Å². The maximum absolute atomic E-state index is 13.2. The van der Waals surface area contributed by atoms with Crippen molar-refractivity contribution in [2.24, 2.45) is 0 Å². The molecular weight excluding hydrogens is 267 g/mol. The second kappa shape index (κ2) is 5.00. The zero-order valence-corrected chi connectivity index (χ0v) is 11.0. The Balaban J connectivity index is 2.62. The summed E-state index contributed by atoms with van der Waals surface area (Å²) in [6.45, 7) is 3.71. The third-order valence-electron chi connectivity index (χ3n) is 3.12. The van der Waals surface area contributed by atoms with Gasteiger partial charge in [0.15, 0.2) is 5.69 Å². The van der Waals surface area contributed by atoms with Gasteiger partial charge in [0, 0.05) is 5.56 Å². The molecule has 1 aromatic carbocycles. The maximum Gasteiger partial charge on any atom is 0.433 e. The zero-order valence-electron chi connectivity index (χ0n) is 11.0. The van der Waals surface area contributed by atoms with Crippen molar-refractivity contribution in [2.75, 3.05) is 0 Å². The molecule has 3 nitrogen and oxygen atoms in total. The van der Waals surface area contributed by atoms with Gasteiger partial charge in [-0.3, -0.25) is 0 Å².